The molecule has 0 aliphatic rings. The first-order valence-corrected chi connectivity index (χ1v) is 9.94. The topological polar surface area (TPSA) is 26.0 Å². The van der Waals surface area contributed by atoms with Crippen molar-refractivity contribution in [2.45, 2.75) is 23.8 Å². The minimum Gasteiger partial charge on any atom is -0.431 e. The third-order valence-electron chi connectivity index (χ3n) is 4.33. The molecule has 26 heavy (non-hydrogen) atoms. The summed E-state index contributed by atoms with van der Waals surface area (Å²) in [5, 5.41) is 1.36. The van der Waals surface area contributed by atoms with E-state index in [2.05, 4.69) is 59.6 Å². The molecule has 130 valence electrons. The van der Waals surface area contributed by atoms with Gasteiger partial charge in [0.1, 0.15) is 5.52 Å². The zero-order chi connectivity index (χ0) is 17.8. The van der Waals surface area contributed by atoms with Gasteiger partial charge in [-0.2, -0.15) is 0 Å². The molecule has 0 fully saturated rings. The third kappa shape index (κ3) is 4.12. The van der Waals surface area contributed by atoms with Gasteiger partial charge in [0.15, 0.2) is 5.58 Å². The number of fused-ring (bicyclic) bond motifs is 1. The smallest absolute Gasteiger partial charge is 0.257 e. The molecular weight excluding hydrogens is 362 g/mol. The van der Waals surface area contributed by atoms with Crippen LogP contribution in [-0.4, -0.2) is 4.98 Å². The summed E-state index contributed by atoms with van der Waals surface area (Å²) >= 11 is 7.64. The summed E-state index contributed by atoms with van der Waals surface area (Å²) in [6.45, 7) is 0. The van der Waals surface area contributed by atoms with E-state index in [1.54, 1.807) is 11.8 Å². The van der Waals surface area contributed by atoms with E-state index in [0.29, 0.717) is 10.2 Å². The van der Waals surface area contributed by atoms with Crippen LogP contribution >= 0.6 is 23.4 Å². The van der Waals surface area contributed by atoms with E-state index >= 15 is 0 Å². The minimum atomic E-state index is 0.675. The Labute approximate surface area is 162 Å². The number of nitrogens with zero attached hydrogens (tertiary/aromatic N) is 1. The molecule has 4 rings (SSSR count). The first-order chi connectivity index (χ1) is 12.8. The fraction of sp³-hybridized carbons (Fsp3) is 0.136. The average molecular weight is 380 g/mol. The Morgan fingerprint density at radius 3 is 2.46 bits per heavy atom. The van der Waals surface area contributed by atoms with E-state index in [1.807, 2.05) is 18.2 Å². The Morgan fingerprint density at radius 2 is 1.62 bits per heavy atom. The largest absolute Gasteiger partial charge is 0.431 e. The first kappa shape index (κ1) is 17.2. The summed E-state index contributed by atoms with van der Waals surface area (Å²) < 4.78 is 5.81. The highest BCUT2D eigenvalue weighted by Crippen LogP contribution is 2.29. The lowest BCUT2D eigenvalue weighted by Gasteiger charge is -2.08. The van der Waals surface area contributed by atoms with Crippen molar-refractivity contribution < 1.29 is 4.42 Å². The van der Waals surface area contributed by atoms with Crippen LogP contribution in [0.3, 0.4) is 0 Å². The highest BCUT2D eigenvalue weighted by Gasteiger charge is 2.09. The van der Waals surface area contributed by atoms with Gasteiger partial charge in [-0.1, -0.05) is 78.0 Å². The number of aryl methyl sites for hydroxylation is 2. The Balaban J connectivity index is 1.45. The maximum absolute atomic E-state index is 6.02. The summed E-state index contributed by atoms with van der Waals surface area (Å²) in [5.41, 5.74) is 5.65. The van der Waals surface area contributed by atoms with Gasteiger partial charge in [0.25, 0.3) is 5.22 Å². The normalized spacial score (nSPS) is 11.1. The van der Waals surface area contributed by atoms with Gasteiger partial charge in [0.2, 0.25) is 0 Å². The fourth-order valence-electron chi connectivity index (χ4n) is 2.95. The van der Waals surface area contributed by atoms with E-state index < -0.39 is 0 Å². The third-order valence-corrected chi connectivity index (χ3v) is 5.44. The molecule has 0 spiro atoms. The average Bonchev–Trinajstić information content (AvgIpc) is 3.08. The van der Waals surface area contributed by atoms with Crippen LogP contribution in [0, 0.1) is 0 Å². The molecule has 0 amide bonds. The summed E-state index contributed by atoms with van der Waals surface area (Å²) in [6.07, 6.45) is 2.08. The van der Waals surface area contributed by atoms with E-state index in [9.17, 15) is 0 Å². The molecule has 0 saturated carbocycles. The molecule has 0 radical (unpaired) electrons. The Hall–Kier alpha value is -2.23. The lowest BCUT2D eigenvalue weighted by molar-refractivity contribution is 0.489. The minimum absolute atomic E-state index is 0.675. The lowest BCUT2D eigenvalue weighted by Crippen LogP contribution is -1.96. The van der Waals surface area contributed by atoms with Crippen LogP contribution in [0.1, 0.15) is 16.7 Å². The van der Waals surface area contributed by atoms with Crippen molar-refractivity contribution in [1.29, 1.82) is 0 Å². The van der Waals surface area contributed by atoms with Crippen LogP contribution in [0.25, 0.3) is 11.1 Å². The van der Waals surface area contributed by atoms with Crippen LogP contribution in [0.5, 0.6) is 0 Å². The Bertz CT molecular complexity index is 1010. The number of hydrogen-bond donors (Lipinski definition) is 0. The van der Waals surface area contributed by atoms with Crippen molar-refractivity contribution in [3.8, 4) is 0 Å². The van der Waals surface area contributed by atoms with Crippen LogP contribution in [-0.2, 0) is 18.6 Å². The monoisotopic (exact) mass is 379 g/mol. The zero-order valence-corrected chi connectivity index (χ0v) is 15.8. The van der Waals surface area contributed by atoms with Gasteiger partial charge in [-0.15, -0.1) is 0 Å². The Kier molecular flexibility index (Phi) is 5.28. The number of aromatic nitrogens is 1. The second-order valence-electron chi connectivity index (χ2n) is 6.13. The van der Waals surface area contributed by atoms with Crippen LogP contribution in [0.2, 0.25) is 5.02 Å². The predicted molar refractivity (Wildman–Crippen MR) is 109 cm³/mol. The predicted octanol–water partition coefficient (Wildman–Crippen LogP) is 6.56. The molecule has 0 aliphatic carbocycles. The van der Waals surface area contributed by atoms with Crippen molar-refractivity contribution in [1.82, 2.24) is 4.98 Å². The highest BCUT2D eigenvalue weighted by molar-refractivity contribution is 7.98. The first-order valence-electron chi connectivity index (χ1n) is 8.57. The van der Waals surface area contributed by atoms with Crippen LogP contribution < -0.4 is 0 Å². The lowest BCUT2D eigenvalue weighted by atomic mass is 10.0. The summed E-state index contributed by atoms with van der Waals surface area (Å²) in [5.74, 6) is 0.839. The van der Waals surface area contributed by atoms with Gasteiger partial charge in [-0.25, -0.2) is 4.98 Å². The second kappa shape index (κ2) is 7.98. The van der Waals surface area contributed by atoms with Crippen molar-refractivity contribution >= 4 is 34.5 Å². The SMILES string of the molecule is Clc1ccc2oc(SCc3ccccc3CCc3ccccc3)nc2c1. The van der Waals surface area contributed by atoms with Gasteiger partial charge in [0.05, 0.1) is 0 Å². The maximum atomic E-state index is 6.02. The fourth-order valence-corrected chi connectivity index (χ4v) is 3.99. The second-order valence-corrected chi connectivity index (χ2v) is 7.50. The summed E-state index contributed by atoms with van der Waals surface area (Å²) in [4.78, 5) is 4.52. The Morgan fingerprint density at radius 1 is 0.846 bits per heavy atom. The van der Waals surface area contributed by atoms with Crippen molar-refractivity contribution in [2.24, 2.45) is 0 Å². The molecule has 0 bridgehead atoms. The summed E-state index contributed by atoms with van der Waals surface area (Å²) in [6, 6.07) is 24.7. The van der Waals surface area contributed by atoms with Crippen LogP contribution in [0.4, 0.5) is 0 Å². The molecule has 4 aromatic rings. The summed E-state index contributed by atoms with van der Waals surface area (Å²) in [7, 11) is 0. The maximum Gasteiger partial charge on any atom is 0.257 e. The highest BCUT2D eigenvalue weighted by atomic mass is 35.5. The number of thioether (sulfide) groups is 1. The molecule has 0 atom stereocenters. The van der Waals surface area contributed by atoms with Crippen molar-refractivity contribution in [3.05, 3.63) is 94.5 Å². The molecule has 0 N–H and O–H groups in total. The number of benzene rings is 3. The quantitative estimate of drug-likeness (QED) is 0.355. The zero-order valence-electron chi connectivity index (χ0n) is 14.2. The molecule has 0 unspecified atom stereocenters. The number of rotatable bonds is 6. The van der Waals surface area contributed by atoms with Gasteiger partial charge >= 0.3 is 0 Å². The number of halogens is 1. The van der Waals surface area contributed by atoms with E-state index in [0.717, 1.165) is 29.7 Å². The van der Waals surface area contributed by atoms with Gasteiger partial charge in [-0.05, 0) is 47.7 Å². The van der Waals surface area contributed by atoms with Gasteiger partial charge in [0, 0.05) is 10.8 Å². The molecule has 3 aromatic carbocycles. The molecule has 1 aromatic heterocycles. The van der Waals surface area contributed by atoms with Crippen LogP contribution in [0.15, 0.2) is 82.4 Å². The molecule has 1 heterocycles. The van der Waals surface area contributed by atoms with Gasteiger partial charge < -0.3 is 4.42 Å². The van der Waals surface area contributed by atoms with E-state index in [4.69, 9.17) is 16.0 Å². The molecule has 2 nitrogen and oxygen atoms in total. The van der Waals surface area contributed by atoms with E-state index in [-0.39, 0.29) is 0 Å². The number of hydrogen-bond acceptors (Lipinski definition) is 3. The number of oxazole rings is 1. The standard InChI is InChI=1S/C22H18ClNOS/c23-19-12-13-21-20(14-19)24-22(25-21)26-15-18-9-5-4-8-17(18)11-10-16-6-2-1-3-7-16/h1-9,12-14H,10-11,15H2. The van der Waals surface area contributed by atoms with Gasteiger partial charge in [-0.3, -0.25) is 0 Å². The molecule has 4 heteroatoms. The molecular formula is C22H18ClNOS. The molecule has 0 aliphatic heterocycles. The van der Waals surface area contributed by atoms with E-state index in [1.165, 1.54) is 16.7 Å². The van der Waals surface area contributed by atoms with Crippen molar-refractivity contribution in [3.63, 3.8) is 0 Å². The molecule has 0 saturated heterocycles. The van der Waals surface area contributed by atoms with Crippen molar-refractivity contribution in [2.75, 3.05) is 0 Å².